The fraction of sp³-hybridized carbons (Fsp3) is 0.273. The number of likely N-dealkylation sites (N-methyl/N-ethyl adjacent to an activating group) is 1. The van der Waals surface area contributed by atoms with Gasteiger partial charge in [0.1, 0.15) is 5.82 Å². The fourth-order valence-corrected chi connectivity index (χ4v) is 1.40. The lowest BCUT2D eigenvalue weighted by Crippen LogP contribution is -2.25. The van der Waals surface area contributed by atoms with E-state index in [1.165, 1.54) is 11.0 Å². The average Bonchev–Trinajstić information content (AvgIpc) is 2.14. The highest BCUT2D eigenvalue weighted by molar-refractivity contribution is 5.69. The maximum absolute atomic E-state index is 13.0. The van der Waals surface area contributed by atoms with Crippen LogP contribution in [0.4, 0.5) is 4.39 Å². The van der Waals surface area contributed by atoms with Crippen LogP contribution >= 0.6 is 0 Å². The van der Waals surface area contributed by atoms with Gasteiger partial charge in [-0.1, -0.05) is 0 Å². The highest BCUT2D eigenvalue weighted by atomic mass is 19.1. The molecule has 4 nitrogen and oxygen atoms in total. The number of aliphatic carboxylic acids is 1. The summed E-state index contributed by atoms with van der Waals surface area (Å²) in [6.45, 7) is 0.164. The van der Waals surface area contributed by atoms with Gasteiger partial charge >= 0.3 is 5.97 Å². The number of rotatable bonds is 4. The van der Waals surface area contributed by atoms with Gasteiger partial charge in [-0.25, -0.2) is 4.39 Å². The summed E-state index contributed by atoms with van der Waals surface area (Å²) in [6, 6.07) is 5.82. The molecule has 1 rings (SSSR count). The first-order valence-electron chi connectivity index (χ1n) is 4.61. The van der Waals surface area contributed by atoms with Gasteiger partial charge in [-0.15, -0.1) is 0 Å². The Labute approximate surface area is 92.5 Å². The van der Waals surface area contributed by atoms with Crippen molar-refractivity contribution in [2.24, 2.45) is 0 Å². The lowest BCUT2D eigenvalue weighted by atomic mass is 10.1. The lowest BCUT2D eigenvalue weighted by Gasteiger charge is -2.13. The Balaban J connectivity index is 2.77. The van der Waals surface area contributed by atoms with Crippen molar-refractivity contribution in [2.45, 2.75) is 6.54 Å². The summed E-state index contributed by atoms with van der Waals surface area (Å²) in [4.78, 5) is 11.9. The van der Waals surface area contributed by atoms with Crippen LogP contribution in [0.15, 0.2) is 18.2 Å². The highest BCUT2D eigenvalue weighted by Gasteiger charge is 2.07. The minimum atomic E-state index is -0.945. The van der Waals surface area contributed by atoms with E-state index in [-0.39, 0.29) is 12.1 Å². The maximum Gasteiger partial charge on any atom is 0.317 e. The van der Waals surface area contributed by atoms with E-state index < -0.39 is 11.8 Å². The minimum absolute atomic E-state index is 0.127. The lowest BCUT2D eigenvalue weighted by molar-refractivity contribution is -0.138. The quantitative estimate of drug-likeness (QED) is 0.831. The monoisotopic (exact) mass is 222 g/mol. The Morgan fingerprint density at radius 2 is 2.25 bits per heavy atom. The molecule has 0 fully saturated rings. The van der Waals surface area contributed by atoms with Crippen molar-refractivity contribution in [1.82, 2.24) is 4.90 Å². The normalized spacial score (nSPS) is 10.1. The zero-order valence-electron chi connectivity index (χ0n) is 8.77. The van der Waals surface area contributed by atoms with Crippen LogP contribution in [-0.2, 0) is 11.3 Å². The van der Waals surface area contributed by atoms with Crippen molar-refractivity contribution in [3.63, 3.8) is 0 Å². The van der Waals surface area contributed by atoms with Crippen molar-refractivity contribution >= 4 is 5.97 Å². The average molecular weight is 222 g/mol. The number of hydrogen-bond donors (Lipinski definition) is 1. The predicted octanol–water partition coefficient (Wildman–Crippen LogP) is 1.21. The standard InChI is InChI=1S/C11H11FN2O2/c1-14(7-11(15)16)6-9-2-8(5-13)3-10(12)4-9/h2-4H,6-7H2,1H3,(H,15,16). The van der Waals surface area contributed by atoms with Gasteiger partial charge in [0, 0.05) is 6.54 Å². The third kappa shape index (κ3) is 3.67. The van der Waals surface area contributed by atoms with E-state index in [0.29, 0.717) is 12.1 Å². The van der Waals surface area contributed by atoms with Gasteiger partial charge in [0.05, 0.1) is 18.2 Å². The second kappa shape index (κ2) is 5.24. The summed E-state index contributed by atoms with van der Waals surface area (Å²) < 4.78 is 13.0. The first-order chi connectivity index (χ1) is 7.51. The first-order valence-corrected chi connectivity index (χ1v) is 4.61. The Morgan fingerprint density at radius 1 is 1.56 bits per heavy atom. The summed E-state index contributed by atoms with van der Waals surface area (Å²) in [5.41, 5.74) is 0.819. The van der Waals surface area contributed by atoms with Crippen molar-refractivity contribution in [2.75, 3.05) is 13.6 Å². The first kappa shape index (κ1) is 12.1. The molecule has 0 unspecified atom stereocenters. The van der Waals surface area contributed by atoms with Crippen molar-refractivity contribution in [3.05, 3.63) is 35.1 Å². The third-order valence-electron chi connectivity index (χ3n) is 1.94. The van der Waals surface area contributed by atoms with Gasteiger partial charge in [0.15, 0.2) is 0 Å². The van der Waals surface area contributed by atoms with Crippen LogP contribution in [0.1, 0.15) is 11.1 Å². The molecule has 0 aromatic heterocycles. The zero-order chi connectivity index (χ0) is 12.1. The number of carbonyl (C=O) groups is 1. The van der Waals surface area contributed by atoms with Crippen LogP contribution in [0.5, 0.6) is 0 Å². The molecule has 0 aliphatic heterocycles. The molecule has 1 N–H and O–H groups in total. The number of carboxylic acid groups (broad SMARTS) is 1. The van der Waals surface area contributed by atoms with Crippen molar-refractivity contribution in [1.29, 1.82) is 5.26 Å². The van der Waals surface area contributed by atoms with E-state index in [4.69, 9.17) is 10.4 Å². The largest absolute Gasteiger partial charge is 0.480 e. The van der Waals surface area contributed by atoms with E-state index in [1.54, 1.807) is 13.1 Å². The maximum atomic E-state index is 13.0. The molecule has 0 radical (unpaired) electrons. The molecule has 0 saturated heterocycles. The molecule has 0 saturated carbocycles. The van der Waals surface area contributed by atoms with Crippen LogP contribution in [0.25, 0.3) is 0 Å². The fourth-order valence-electron chi connectivity index (χ4n) is 1.40. The number of halogens is 1. The molecule has 1 aromatic rings. The van der Waals surface area contributed by atoms with E-state index in [9.17, 15) is 9.18 Å². The molecule has 1 aromatic carbocycles. The van der Waals surface area contributed by atoms with Gasteiger partial charge in [-0.05, 0) is 30.8 Å². The summed E-state index contributed by atoms with van der Waals surface area (Å²) in [6.07, 6.45) is 0. The van der Waals surface area contributed by atoms with Crippen LogP contribution in [-0.4, -0.2) is 29.6 Å². The van der Waals surface area contributed by atoms with Gasteiger partial charge < -0.3 is 5.11 Å². The molecule has 0 spiro atoms. The molecule has 84 valence electrons. The Morgan fingerprint density at radius 3 is 2.81 bits per heavy atom. The zero-order valence-corrected chi connectivity index (χ0v) is 8.77. The van der Waals surface area contributed by atoms with E-state index in [2.05, 4.69) is 0 Å². The Hall–Kier alpha value is -1.93. The molecule has 0 aliphatic carbocycles. The number of hydrogen-bond acceptors (Lipinski definition) is 3. The van der Waals surface area contributed by atoms with Gasteiger partial charge in [-0.2, -0.15) is 5.26 Å². The second-order valence-electron chi connectivity index (χ2n) is 3.53. The van der Waals surface area contributed by atoms with Crippen LogP contribution in [0.2, 0.25) is 0 Å². The van der Waals surface area contributed by atoms with E-state index in [1.807, 2.05) is 6.07 Å². The van der Waals surface area contributed by atoms with Crippen molar-refractivity contribution in [3.8, 4) is 6.07 Å². The third-order valence-corrected chi connectivity index (χ3v) is 1.94. The van der Waals surface area contributed by atoms with E-state index in [0.717, 1.165) is 6.07 Å². The van der Waals surface area contributed by atoms with Crippen molar-refractivity contribution < 1.29 is 14.3 Å². The number of nitrogens with zero attached hydrogens (tertiary/aromatic N) is 2. The number of carboxylic acids is 1. The van der Waals surface area contributed by atoms with Gasteiger partial charge in [0.2, 0.25) is 0 Å². The molecule has 0 aliphatic rings. The van der Waals surface area contributed by atoms with Gasteiger partial charge in [0.25, 0.3) is 0 Å². The van der Waals surface area contributed by atoms with Crippen LogP contribution in [0.3, 0.4) is 0 Å². The minimum Gasteiger partial charge on any atom is -0.480 e. The molecular formula is C11H11FN2O2. The molecular weight excluding hydrogens is 211 g/mol. The number of nitriles is 1. The smallest absolute Gasteiger partial charge is 0.317 e. The second-order valence-corrected chi connectivity index (χ2v) is 3.53. The number of benzene rings is 1. The molecule has 0 heterocycles. The molecule has 0 amide bonds. The molecule has 16 heavy (non-hydrogen) atoms. The molecule has 0 atom stereocenters. The van der Waals surface area contributed by atoms with Crippen LogP contribution < -0.4 is 0 Å². The predicted molar refractivity (Wildman–Crippen MR) is 55.1 cm³/mol. The summed E-state index contributed by atoms with van der Waals surface area (Å²) in [5.74, 6) is -1.43. The summed E-state index contributed by atoms with van der Waals surface area (Å²) >= 11 is 0. The SMILES string of the molecule is CN(CC(=O)O)Cc1cc(F)cc(C#N)c1. The molecule has 5 heteroatoms. The van der Waals surface area contributed by atoms with Crippen LogP contribution in [0, 0.1) is 17.1 Å². The van der Waals surface area contributed by atoms with E-state index >= 15 is 0 Å². The summed E-state index contributed by atoms with van der Waals surface area (Å²) in [7, 11) is 1.62. The highest BCUT2D eigenvalue weighted by Crippen LogP contribution is 2.10. The topological polar surface area (TPSA) is 64.3 Å². The van der Waals surface area contributed by atoms with Gasteiger partial charge in [-0.3, -0.25) is 9.69 Å². The summed E-state index contributed by atoms with van der Waals surface area (Å²) in [5, 5.41) is 17.2. The molecule has 0 bridgehead atoms. The Kier molecular flexibility index (Phi) is 3.97. The Bertz CT molecular complexity index is 440.